The highest BCUT2D eigenvalue weighted by molar-refractivity contribution is 5.18. The van der Waals surface area contributed by atoms with Gasteiger partial charge in [0, 0.05) is 0 Å². The highest BCUT2D eigenvalue weighted by Crippen LogP contribution is 2.65. The third-order valence-corrected chi connectivity index (χ3v) is 3.67. The summed E-state index contributed by atoms with van der Waals surface area (Å²) < 4.78 is 246. The molecular formula is C12H5F19. The average Bonchev–Trinajstić information content (AvgIpc) is 2.59. The highest BCUT2D eigenvalue weighted by Gasteiger charge is 2.96. The zero-order valence-corrected chi connectivity index (χ0v) is 13.7. The zero-order valence-electron chi connectivity index (χ0n) is 13.7. The summed E-state index contributed by atoms with van der Waals surface area (Å²) in [5, 5.41) is 0. The number of alkyl halides is 19. The minimum absolute atomic E-state index is 1.57. The van der Waals surface area contributed by atoms with Crippen LogP contribution in [0.2, 0.25) is 0 Å². The molecule has 0 fully saturated rings. The predicted molar refractivity (Wildman–Crippen MR) is 60.7 cm³/mol. The molecular weight excluding hydrogens is 505 g/mol. The maximum absolute atomic E-state index is 13.3. The Hall–Kier alpha value is -1.59. The molecule has 19 heteroatoms. The molecule has 0 aromatic rings. The summed E-state index contributed by atoms with van der Waals surface area (Å²) >= 11 is 0. The molecule has 0 nitrogen and oxygen atoms in total. The standard InChI is InChI=1S/C12H5F19/c1-2-4(14,15)6(18,19)8(22,23)10(26,27)12(30,31)11(28,29)9(24,25)7(20,21)5(16,17)3-13/h2H,1,3H2. The molecule has 0 aromatic heterocycles. The van der Waals surface area contributed by atoms with Crippen LogP contribution in [0.4, 0.5) is 83.4 Å². The second-order valence-electron chi connectivity index (χ2n) is 5.69. The van der Waals surface area contributed by atoms with Crippen LogP contribution < -0.4 is 0 Å². The van der Waals surface area contributed by atoms with E-state index in [4.69, 9.17) is 0 Å². The Morgan fingerprint density at radius 2 is 0.645 bits per heavy atom. The quantitative estimate of drug-likeness (QED) is 0.223. The fourth-order valence-electron chi connectivity index (χ4n) is 1.64. The minimum atomic E-state index is -8.84. The van der Waals surface area contributed by atoms with Crippen molar-refractivity contribution in [1.82, 2.24) is 0 Å². The van der Waals surface area contributed by atoms with E-state index >= 15 is 0 Å². The summed E-state index contributed by atoms with van der Waals surface area (Å²) in [7, 11) is 0. The molecule has 0 radical (unpaired) electrons. The largest absolute Gasteiger partial charge is 0.385 e. The van der Waals surface area contributed by atoms with Crippen LogP contribution in [0, 0.1) is 0 Å². The predicted octanol–water partition coefficient (Wildman–Crippen LogP) is 6.86. The number of halogens is 19. The average molecular weight is 510 g/mol. The van der Waals surface area contributed by atoms with Gasteiger partial charge in [0.25, 0.3) is 0 Å². The normalized spacial score (nSPS) is 16.5. The lowest BCUT2D eigenvalue weighted by Gasteiger charge is -2.44. The molecule has 0 N–H and O–H groups in total. The van der Waals surface area contributed by atoms with Crippen molar-refractivity contribution in [3.8, 4) is 0 Å². The molecule has 0 aliphatic carbocycles. The van der Waals surface area contributed by atoms with Crippen molar-refractivity contribution in [3.63, 3.8) is 0 Å². The van der Waals surface area contributed by atoms with E-state index in [1.165, 1.54) is 0 Å². The fraction of sp³-hybridized carbons (Fsp3) is 0.833. The summed E-state index contributed by atoms with van der Waals surface area (Å²) in [5.74, 6) is -72.7. The number of allylic oxidation sites excluding steroid dienone is 1. The van der Waals surface area contributed by atoms with Crippen molar-refractivity contribution in [2.45, 2.75) is 53.3 Å². The second-order valence-corrected chi connectivity index (χ2v) is 5.69. The number of rotatable bonds is 10. The maximum atomic E-state index is 13.3. The lowest BCUT2D eigenvalue weighted by atomic mass is 9.86. The smallest absolute Gasteiger partial charge is 0.244 e. The van der Waals surface area contributed by atoms with Crippen molar-refractivity contribution < 1.29 is 83.4 Å². The molecule has 31 heavy (non-hydrogen) atoms. The molecule has 0 atom stereocenters. The SMILES string of the molecule is C=CC(F)(F)C(F)(F)C(F)(F)C(F)(F)C(F)(F)C(F)(F)C(F)(F)C(F)(F)C(F)(F)CF. The van der Waals surface area contributed by atoms with Crippen LogP contribution in [0.3, 0.4) is 0 Å². The molecule has 0 aliphatic rings. The molecule has 0 saturated heterocycles. The van der Waals surface area contributed by atoms with E-state index in [0.717, 1.165) is 0 Å². The van der Waals surface area contributed by atoms with Crippen LogP contribution in [0.15, 0.2) is 12.7 Å². The number of hydrogen-bond acceptors (Lipinski definition) is 0. The van der Waals surface area contributed by atoms with E-state index in [2.05, 4.69) is 0 Å². The molecule has 0 bridgehead atoms. The van der Waals surface area contributed by atoms with Crippen LogP contribution in [0.5, 0.6) is 0 Å². The molecule has 0 rings (SSSR count). The van der Waals surface area contributed by atoms with Crippen molar-refractivity contribution in [3.05, 3.63) is 12.7 Å². The van der Waals surface area contributed by atoms with E-state index in [0.29, 0.717) is 0 Å². The van der Waals surface area contributed by atoms with Gasteiger partial charge in [-0.2, -0.15) is 79.0 Å². The van der Waals surface area contributed by atoms with Crippen molar-refractivity contribution in [2.75, 3.05) is 6.67 Å². The monoisotopic (exact) mass is 510 g/mol. The van der Waals surface area contributed by atoms with E-state index in [-0.39, 0.29) is 0 Å². The van der Waals surface area contributed by atoms with Gasteiger partial charge in [0.1, 0.15) is 0 Å². The van der Waals surface area contributed by atoms with E-state index in [1.54, 1.807) is 6.58 Å². The fourth-order valence-corrected chi connectivity index (χ4v) is 1.64. The first-order chi connectivity index (χ1) is 13.1. The van der Waals surface area contributed by atoms with Gasteiger partial charge in [-0.25, -0.2) is 4.39 Å². The first-order valence-corrected chi connectivity index (χ1v) is 6.72. The molecule has 0 amide bonds. The van der Waals surface area contributed by atoms with Gasteiger partial charge in [-0.15, -0.1) is 0 Å². The minimum Gasteiger partial charge on any atom is -0.244 e. The first kappa shape index (κ1) is 29.4. The van der Waals surface area contributed by atoms with Crippen LogP contribution >= 0.6 is 0 Å². The molecule has 0 spiro atoms. The summed E-state index contributed by atoms with van der Waals surface area (Å²) in [6.07, 6.45) is -1.57. The zero-order chi connectivity index (χ0) is 25.9. The topological polar surface area (TPSA) is 0 Å². The lowest BCUT2D eigenvalue weighted by Crippen LogP contribution is -2.76. The van der Waals surface area contributed by atoms with Gasteiger partial charge in [0.05, 0.1) is 0 Å². The molecule has 0 aliphatic heterocycles. The Bertz CT molecular complexity index is 671. The third-order valence-electron chi connectivity index (χ3n) is 3.67. The Labute approximate surface area is 157 Å². The van der Waals surface area contributed by atoms with Crippen molar-refractivity contribution in [2.24, 2.45) is 0 Å². The Kier molecular flexibility index (Phi) is 6.84. The van der Waals surface area contributed by atoms with Crippen molar-refractivity contribution in [1.29, 1.82) is 0 Å². The van der Waals surface area contributed by atoms with Gasteiger partial charge in [0.15, 0.2) is 6.67 Å². The molecule has 0 heterocycles. The van der Waals surface area contributed by atoms with E-state index in [1.807, 2.05) is 0 Å². The summed E-state index contributed by atoms with van der Waals surface area (Å²) in [6.45, 7) is -2.28. The Morgan fingerprint density at radius 3 is 0.871 bits per heavy atom. The summed E-state index contributed by atoms with van der Waals surface area (Å²) in [6, 6.07) is 0. The molecule has 0 saturated carbocycles. The first-order valence-electron chi connectivity index (χ1n) is 6.72. The maximum Gasteiger partial charge on any atom is 0.385 e. The van der Waals surface area contributed by atoms with Crippen LogP contribution in [0.1, 0.15) is 0 Å². The summed E-state index contributed by atoms with van der Waals surface area (Å²) in [5.41, 5.74) is 0. The van der Waals surface area contributed by atoms with E-state index in [9.17, 15) is 83.4 Å². The van der Waals surface area contributed by atoms with Crippen LogP contribution in [0.25, 0.3) is 0 Å². The van der Waals surface area contributed by atoms with E-state index < -0.39 is 66.1 Å². The Balaban J connectivity index is 6.92. The van der Waals surface area contributed by atoms with Gasteiger partial charge in [0.2, 0.25) is 0 Å². The van der Waals surface area contributed by atoms with Gasteiger partial charge >= 0.3 is 53.3 Å². The van der Waals surface area contributed by atoms with Crippen LogP contribution in [-0.2, 0) is 0 Å². The van der Waals surface area contributed by atoms with Gasteiger partial charge < -0.3 is 0 Å². The second kappa shape index (κ2) is 7.21. The Morgan fingerprint density at radius 1 is 0.419 bits per heavy atom. The third kappa shape index (κ3) is 3.39. The van der Waals surface area contributed by atoms with Crippen molar-refractivity contribution >= 4 is 0 Å². The highest BCUT2D eigenvalue weighted by atomic mass is 19.4. The van der Waals surface area contributed by atoms with Gasteiger partial charge in [-0.1, -0.05) is 6.58 Å². The lowest BCUT2D eigenvalue weighted by molar-refractivity contribution is -0.460. The van der Waals surface area contributed by atoms with Gasteiger partial charge in [-0.3, -0.25) is 0 Å². The summed E-state index contributed by atoms with van der Waals surface area (Å²) in [4.78, 5) is 0. The molecule has 186 valence electrons. The van der Waals surface area contributed by atoms with Gasteiger partial charge in [-0.05, 0) is 6.08 Å². The molecule has 0 aromatic carbocycles. The number of hydrogen-bond donors (Lipinski definition) is 0. The van der Waals surface area contributed by atoms with Crippen LogP contribution in [-0.4, -0.2) is 60.0 Å². The molecule has 0 unspecified atom stereocenters.